The summed E-state index contributed by atoms with van der Waals surface area (Å²) in [5, 5.41) is 13.0. The van der Waals surface area contributed by atoms with Crippen LogP contribution in [-0.2, 0) is 35.8 Å². The van der Waals surface area contributed by atoms with Crippen molar-refractivity contribution < 1.29 is 14.3 Å². The number of thiophene rings is 1. The molecule has 0 spiro atoms. The number of hydrogen-bond acceptors (Lipinski definition) is 7. The number of rotatable bonds is 8. The molecule has 0 radical (unpaired) electrons. The van der Waals surface area contributed by atoms with Gasteiger partial charge in [-0.25, -0.2) is 4.79 Å². The molecule has 2 aromatic rings. The molecule has 1 atom stereocenters. The molecule has 33 heavy (non-hydrogen) atoms. The Kier molecular flexibility index (Phi) is 8.11. The summed E-state index contributed by atoms with van der Waals surface area (Å²) < 4.78 is 7.02. The maximum atomic E-state index is 12.7. The molecule has 7 nitrogen and oxygen atoms in total. The van der Waals surface area contributed by atoms with Gasteiger partial charge in [0.25, 0.3) is 0 Å². The van der Waals surface area contributed by atoms with Gasteiger partial charge in [-0.1, -0.05) is 50.8 Å². The van der Waals surface area contributed by atoms with Gasteiger partial charge in [-0.3, -0.25) is 4.79 Å². The van der Waals surface area contributed by atoms with Crippen LogP contribution in [0.5, 0.6) is 0 Å². The van der Waals surface area contributed by atoms with E-state index in [1.807, 2.05) is 11.6 Å². The fourth-order valence-electron chi connectivity index (χ4n) is 4.95. The van der Waals surface area contributed by atoms with Crippen molar-refractivity contribution in [3.63, 3.8) is 0 Å². The molecule has 0 aliphatic heterocycles. The zero-order chi connectivity index (χ0) is 23.4. The minimum atomic E-state index is -0.374. The highest BCUT2D eigenvalue weighted by Crippen LogP contribution is 2.40. The predicted octanol–water partition coefficient (Wildman–Crippen LogP) is 5.03. The zero-order valence-corrected chi connectivity index (χ0v) is 21.4. The molecule has 2 aliphatic carbocycles. The lowest BCUT2D eigenvalue weighted by Crippen LogP contribution is -2.17. The molecule has 1 fully saturated rings. The van der Waals surface area contributed by atoms with Gasteiger partial charge in [0, 0.05) is 18.3 Å². The quantitative estimate of drug-likeness (QED) is 0.412. The van der Waals surface area contributed by atoms with Crippen molar-refractivity contribution in [3.05, 3.63) is 21.8 Å². The van der Waals surface area contributed by atoms with E-state index in [-0.39, 0.29) is 17.6 Å². The summed E-state index contributed by atoms with van der Waals surface area (Å²) in [5.74, 6) is 2.07. The molecule has 2 heterocycles. The minimum absolute atomic E-state index is 0.149. The molecule has 0 bridgehead atoms. The first-order valence-corrected chi connectivity index (χ1v) is 13.8. The average Bonchev–Trinajstić information content (AvgIpc) is 3.35. The lowest BCUT2D eigenvalue weighted by atomic mass is 9.86. The lowest BCUT2D eigenvalue weighted by molar-refractivity contribution is -0.113. The standard InChI is InChI=1S/C24H34N4O3S2/c1-15-9-11-17-18(13-15)33-22(21(17)23(30)31-3)25-20(29)14-32-24-27-26-19(28(24)2)12-10-16-7-5-4-6-8-16/h15-16H,4-14H2,1-3H3,(H,25,29). The van der Waals surface area contributed by atoms with Crippen molar-refractivity contribution in [2.75, 3.05) is 18.2 Å². The Labute approximate surface area is 204 Å². The maximum Gasteiger partial charge on any atom is 0.341 e. The second kappa shape index (κ2) is 11.0. The van der Waals surface area contributed by atoms with Gasteiger partial charge in [0.1, 0.15) is 10.8 Å². The predicted molar refractivity (Wildman–Crippen MR) is 132 cm³/mol. The highest BCUT2D eigenvalue weighted by atomic mass is 32.2. The van der Waals surface area contributed by atoms with Gasteiger partial charge >= 0.3 is 5.97 Å². The van der Waals surface area contributed by atoms with E-state index < -0.39 is 0 Å². The topological polar surface area (TPSA) is 86.1 Å². The molecule has 2 aliphatic rings. The molecular formula is C24H34N4O3S2. The van der Waals surface area contributed by atoms with Gasteiger partial charge in [0.15, 0.2) is 5.16 Å². The first-order valence-electron chi connectivity index (χ1n) is 12.0. The number of thioether (sulfide) groups is 1. The molecule has 9 heteroatoms. The highest BCUT2D eigenvalue weighted by Gasteiger charge is 2.29. The number of carbonyl (C=O) groups excluding carboxylic acids is 2. The van der Waals surface area contributed by atoms with Crippen LogP contribution in [0, 0.1) is 11.8 Å². The molecule has 1 unspecified atom stereocenters. The Morgan fingerprint density at radius 3 is 2.76 bits per heavy atom. The van der Waals surface area contributed by atoms with Crippen molar-refractivity contribution in [1.82, 2.24) is 14.8 Å². The molecule has 1 N–H and O–H groups in total. The Morgan fingerprint density at radius 1 is 1.21 bits per heavy atom. The summed E-state index contributed by atoms with van der Waals surface area (Å²) >= 11 is 2.89. The van der Waals surface area contributed by atoms with Crippen LogP contribution in [0.1, 0.15) is 78.5 Å². The fourth-order valence-corrected chi connectivity index (χ4v) is 7.09. The lowest BCUT2D eigenvalue weighted by Gasteiger charge is -2.20. The summed E-state index contributed by atoms with van der Waals surface area (Å²) in [4.78, 5) is 26.4. The number of fused-ring (bicyclic) bond motifs is 1. The van der Waals surface area contributed by atoms with Gasteiger partial charge in [-0.05, 0) is 43.1 Å². The van der Waals surface area contributed by atoms with Gasteiger partial charge in [0.05, 0.1) is 18.4 Å². The number of esters is 1. The van der Waals surface area contributed by atoms with E-state index in [4.69, 9.17) is 4.74 Å². The van der Waals surface area contributed by atoms with Gasteiger partial charge in [0.2, 0.25) is 5.91 Å². The Balaban J connectivity index is 1.35. The summed E-state index contributed by atoms with van der Waals surface area (Å²) in [6.07, 6.45) is 11.7. The molecule has 4 rings (SSSR count). The summed E-state index contributed by atoms with van der Waals surface area (Å²) in [6, 6.07) is 0. The summed E-state index contributed by atoms with van der Waals surface area (Å²) in [6.45, 7) is 2.22. The van der Waals surface area contributed by atoms with Crippen molar-refractivity contribution >= 4 is 40.0 Å². The molecule has 1 saturated carbocycles. The zero-order valence-electron chi connectivity index (χ0n) is 19.8. The largest absolute Gasteiger partial charge is 0.465 e. The molecular weight excluding hydrogens is 456 g/mol. The van der Waals surface area contributed by atoms with E-state index in [1.54, 1.807) is 0 Å². The van der Waals surface area contributed by atoms with Crippen LogP contribution in [-0.4, -0.2) is 39.5 Å². The van der Waals surface area contributed by atoms with Crippen molar-refractivity contribution in [1.29, 1.82) is 0 Å². The normalized spacial score (nSPS) is 18.7. The Bertz CT molecular complexity index is 994. The number of anilines is 1. The Hall–Kier alpha value is -1.87. The van der Waals surface area contributed by atoms with E-state index >= 15 is 0 Å². The monoisotopic (exact) mass is 490 g/mol. The number of aromatic nitrogens is 3. The maximum absolute atomic E-state index is 12.7. The SMILES string of the molecule is COC(=O)c1c(NC(=O)CSc2nnc(CCC3CCCCC3)n2C)sc2c1CCC(C)C2. The molecule has 1 amide bonds. The molecule has 2 aromatic heterocycles. The van der Waals surface area contributed by atoms with Crippen molar-refractivity contribution in [3.8, 4) is 0 Å². The first-order chi connectivity index (χ1) is 16.0. The average molecular weight is 491 g/mol. The van der Waals surface area contributed by atoms with E-state index in [0.717, 1.165) is 54.6 Å². The number of methoxy groups -OCH3 is 1. The number of ether oxygens (including phenoxy) is 1. The number of nitrogens with one attached hydrogen (secondary N) is 1. The molecule has 0 aromatic carbocycles. The number of hydrogen-bond donors (Lipinski definition) is 1. The third-order valence-electron chi connectivity index (χ3n) is 6.91. The van der Waals surface area contributed by atoms with Crippen molar-refractivity contribution in [2.45, 2.75) is 76.3 Å². The second-order valence-electron chi connectivity index (χ2n) is 9.38. The van der Waals surface area contributed by atoms with Crippen LogP contribution < -0.4 is 5.32 Å². The third-order valence-corrected chi connectivity index (χ3v) is 9.10. The van der Waals surface area contributed by atoms with E-state index in [2.05, 4.69) is 22.4 Å². The van der Waals surface area contributed by atoms with E-state index in [1.165, 1.54) is 67.2 Å². The highest BCUT2D eigenvalue weighted by molar-refractivity contribution is 7.99. The first kappa shape index (κ1) is 24.3. The Morgan fingerprint density at radius 2 is 2.00 bits per heavy atom. The fraction of sp³-hybridized carbons (Fsp3) is 0.667. The van der Waals surface area contributed by atoms with Crippen molar-refractivity contribution in [2.24, 2.45) is 18.9 Å². The van der Waals surface area contributed by atoms with Gasteiger partial charge in [-0.2, -0.15) is 0 Å². The van der Waals surface area contributed by atoms with Crippen LogP contribution in [0.25, 0.3) is 0 Å². The summed E-state index contributed by atoms with van der Waals surface area (Å²) in [5.41, 5.74) is 1.58. The van der Waals surface area contributed by atoms with Crippen LogP contribution in [0.3, 0.4) is 0 Å². The van der Waals surface area contributed by atoms with Crippen LogP contribution >= 0.6 is 23.1 Å². The second-order valence-corrected chi connectivity index (χ2v) is 11.4. The smallest absolute Gasteiger partial charge is 0.341 e. The summed E-state index contributed by atoms with van der Waals surface area (Å²) in [7, 11) is 3.36. The molecule has 180 valence electrons. The van der Waals surface area contributed by atoms with Crippen LogP contribution in [0.2, 0.25) is 0 Å². The van der Waals surface area contributed by atoms with Crippen LogP contribution in [0.4, 0.5) is 5.00 Å². The third kappa shape index (κ3) is 5.80. The minimum Gasteiger partial charge on any atom is -0.465 e. The van der Waals surface area contributed by atoms with Crippen LogP contribution in [0.15, 0.2) is 5.16 Å². The van der Waals surface area contributed by atoms with Gasteiger partial charge < -0.3 is 14.6 Å². The van der Waals surface area contributed by atoms with E-state index in [9.17, 15) is 9.59 Å². The molecule has 0 saturated heterocycles. The van der Waals surface area contributed by atoms with Gasteiger partial charge in [-0.15, -0.1) is 21.5 Å². The van der Waals surface area contributed by atoms with E-state index in [0.29, 0.717) is 16.5 Å². The number of carbonyl (C=O) groups is 2. The number of aryl methyl sites for hydroxylation is 1. The number of amides is 1. The number of nitrogens with zero attached hydrogens (tertiary/aromatic N) is 3.